The second-order valence-corrected chi connectivity index (χ2v) is 9.47. The summed E-state index contributed by atoms with van der Waals surface area (Å²) in [5.41, 5.74) is 2.02. The number of hydrogen-bond acceptors (Lipinski definition) is 3. The first-order chi connectivity index (χ1) is 13.9. The van der Waals surface area contributed by atoms with Crippen molar-refractivity contribution in [1.29, 1.82) is 0 Å². The number of piperidine rings is 1. The van der Waals surface area contributed by atoms with E-state index in [1.807, 2.05) is 6.92 Å². The molecule has 0 bridgehead atoms. The van der Waals surface area contributed by atoms with Crippen LogP contribution >= 0.6 is 0 Å². The maximum atomic E-state index is 12.9. The zero-order chi connectivity index (χ0) is 20.9. The van der Waals surface area contributed by atoms with Crippen molar-refractivity contribution in [3.8, 4) is 0 Å². The van der Waals surface area contributed by atoms with Crippen LogP contribution in [0.25, 0.3) is 0 Å². The van der Waals surface area contributed by atoms with Crippen LogP contribution in [0.4, 0.5) is 4.39 Å². The predicted octanol–water partition coefficient (Wildman–Crippen LogP) is 3.28. The summed E-state index contributed by atoms with van der Waals surface area (Å²) in [4.78, 5) is 12.8. The number of carbonyl (C=O) groups excluding carboxylic acids is 1. The molecule has 0 radical (unpaired) electrons. The lowest BCUT2D eigenvalue weighted by Crippen LogP contribution is -2.45. The summed E-state index contributed by atoms with van der Waals surface area (Å²) in [6.45, 7) is 3.07. The Morgan fingerprint density at radius 3 is 2.52 bits per heavy atom. The zero-order valence-corrected chi connectivity index (χ0v) is 17.4. The van der Waals surface area contributed by atoms with Crippen LogP contribution < -0.4 is 5.32 Å². The first-order valence-corrected chi connectivity index (χ1v) is 11.4. The first kappa shape index (κ1) is 21.5. The molecule has 0 saturated carbocycles. The number of amides is 1. The van der Waals surface area contributed by atoms with Crippen molar-refractivity contribution in [1.82, 2.24) is 9.62 Å². The second-order valence-electron chi connectivity index (χ2n) is 7.54. The van der Waals surface area contributed by atoms with Gasteiger partial charge in [-0.3, -0.25) is 4.79 Å². The average molecular weight is 419 g/mol. The number of hydrogen-bond donors (Lipinski definition) is 1. The standard InChI is InChI=1S/C22H27FN2O3S/c1-17-6-12-21(13-7-17)29(27,28)25-15-3-5-19(16-25)22(26)24-14-2-4-18-8-10-20(23)11-9-18/h6-13,19H,2-5,14-16H2,1H3,(H,24,26)/t19-/m0/s1. The summed E-state index contributed by atoms with van der Waals surface area (Å²) in [5.74, 6) is -0.702. The molecule has 29 heavy (non-hydrogen) atoms. The molecule has 0 aliphatic carbocycles. The highest BCUT2D eigenvalue weighted by Crippen LogP contribution is 2.24. The van der Waals surface area contributed by atoms with Gasteiger partial charge in [0.2, 0.25) is 15.9 Å². The van der Waals surface area contributed by atoms with Crippen molar-refractivity contribution in [2.24, 2.45) is 5.92 Å². The molecule has 1 saturated heterocycles. The highest BCUT2D eigenvalue weighted by Gasteiger charge is 2.33. The molecule has 156 valence electrons. The van der Waals surface area contributed by atoms with Crippen molar-refractivity contribution in [3.05, 3.63) is 65.5 Å². The maximum Gasteiger partial charge on any atom is 0.243 e. The minimum Gasteiger partial charge on any atom is -0.356 e. The molecule has 1 atom stereocenters. The fourth-order valence-corrected chi connectivity index (χ4v) is 5.06. The molecule has 0 unspecified atom stereocenters. The van der Waals surface area contributed by atoms with Crippen LogP contribution in [0, 0.1) is 18.7 Å². The molecule has 0 aromatic heterocycles. The summed E-state index contributed by atoms with van der Waals surface area (Å²) < 4.78 is 40.1. The molecule has 5 nitrogen and oxygen atoms in total. The van der Waals surface area contributed by atoms with Gasteiger partial charge in [0.15, 0.2) is 0 Å². The predicted molar refractivity (Wildman–Crippen MR) is 110 cm³/mol. The Bertz CT molecular complexity index is 928. The van der Waals surface area contributed by atoms with E-state index < -0.39 is 10.0 Å². The fraction of sp³-hybridized carbons (Fsp3) is 0.409. The number of nitrogens with one attached hydrogen (secondary N) is 1. The topological polar surface area (TPSA) is 66.5 Å². The summed E-state index contributed by atoms with van der Waals surface area (Å²) in [6, 6.07) is 13.1. The number of carbonyl (C=O) groups is 1. The van der Waals surface area contributed by atoms with Gasteiger partial charge < -0.3 is 5.32 Å². The van der Waals surface area contributed by atoms with E-state index >= 15 is 0 Å². The number of sulfonamides is 1. The van der Waals surface area contributed by atoms with Gasteiger partial charge in [-0.2, -0.15) is 4.31 Å². The van der Waals surface area contributed by atoms with Crippen LogP contribution in [-0.2, 0) is 21.2 Å². The van der Waals surface area contributed by atoms with Crippen LogP contribution in [0.2, 0.25) is 0 Å². The van der Waals surface area contributed by atoms with E-state index in [0.717, 1.165) is 24.0 Å². The smallest absolute Gasteiger partial charge is 0.243 e. The van der Waals surface area contributed by atoms with Gasteiger partial charge in [0.1, 0.15) is 5.82 Å². The van der Waals surface area contributed by atoms with Crippen molar-refractivity contribution in [2.75, 3.05) is 19.6 Å². The number of benzene rings is 2. The Kier molecular flexibility index (Phi) is 7.03. The van der Waals surface area contributed by atoms with Gasteiger partial charge >= 0.3 is 0 Å². The van der Waals surface area contributed by atoms with E-state index in [1.54, 1.807) is 36.4 Å². The Labute approximate surface area is 172 Å². The summed E-state index contributed by atoms with van der Waals surface area (Å²) in [7, 11) is -3.59. The first-order valence-electron chi connectivity index (χ1n) is 9.95. The molecule has 1 N–H and O–H groups in total. The van der Waals surface area contributed by atoms with Crippen LogP contribution in [0.15, 0.2) is 53.4 Å². The average Bonchev–Trinajstić information content (AvgIpc) is 2.73. The quantitative estimate of drug-likeness (QED) is 0.702. The molecule has 1 heterocycles. The van der Waals surface area contributed by atoms with Crippen LogP contribution in [0.5, 0.6) is 0 Å². The van der Waals surface area contributed by atoms with Gasteiger partial charge in [0, 0.05) is 19.6 Å². The molecular weight excluding hydrogens is 391 g/mol. The molecule has 0 spiro atoms. The molecule has 7 heteroatoms. The molecule has 2 aromatic rings. The van der Waals surface area contributed by atoms with E-state index in [0.29, 0.717) is 25.9 Å². The van der Waals surface area contributed by atoms with Crippen LogP contribution in [0.3, 0.4) is 0 Å². The van der Waals surface area contributed by atoms with E-state index in [-0.39, 0.29) is 29.1 Å². The Balaban J connectivity index is 1.51. The van der Waals surface area contributed by atoms with Crippen LogP contribution in [0.1, 0.15) is 30.4 Å². The molecule has 2 aromatic carbocycles. The fourth-order valence-electron chi connectivity index (χ4n) is 3.53. The number of halogens is 1. The van der Waals surface area contributed by atoms with Crippen molar-refractivity contribution < 1.29 is 17.6 Å². The number of rotatable bonds is 7. The summed E-state index contributed by atoms with van der Waals surface area (Å²) in [5, 5.41) is 2.92. The van der Waals surface area contributed by atoms with Gasteiger partial charge in [0.05, 0.1) is 10.8 Å². The van der Waals surface area contributed by atoms with Crippen LogP contribution in [-0.4, -0.2) is 38.3 Å². The number of nitrogens with zero attached hydrogens (tertiary/aromatic N) is 1. The normalized spacial score (nSPS) is 17.8. The van der Waals surface area contributed by atoms with Gasteiger partial charge in [-0.05, 0) is 62.4 Å². The van der Waals surface area contributed by atoms with E-state index in [1.165, 1.54) is 16.4 Å². The maximum absolute atomic E-state index is 12.9. The molecule has 3 rings (SSSR count). The second kappa shape index (κ2) is 9.50. The molecule has 1 amide bonds. The number of aryl methyl sites for hydroxylation is 2. The minimum atomic E-state index is -3.59. The van der Waals surface area contributed by atoms with Gasteiger partial charge in [-0.25, -0.2) is 12.8 Å². The third-order valence-electron chi connectivity index (χ3n) is 5.27. The van der Waals surface area contributed by atoms with Gasteiger partial charge in [-0.1, -0.05) is 29.8 Å². The van der Waals surface area contributed by atoms with Gasteiger partial charge in [0.25, 0.3) is 0 Å². The van der Waals surface area contributed by atoms with Crippen molar-refractivity contribution in [2.45, 2.75) is 37.5 Å². The minimum absolute atomic E-state index is 0.104. The molecule has 1 fully saturated rings. The SMILES string of the molecule is Cc1ccc(S(=O)(=O)N2CCC[C@H](C(=O)NCCCc3ccc(F)cc3)C2)cc1. The largest absolute Gasteiger partial charge is 0.356 e. The zero-order valence-electron chi connectivity index (χ0n) is 16.6. The summed E-state index contributed by atoms with van der Waals surface area (Å²) in [6.07, 6.45) is 2.84. The third-order valence-corrected chi connectivity index (χ3v) is 7.15. The Morgan fingerprint density at radius 1 is 1.14 bits per heavy atom. The lowest BCUT2D eigenvalue weighted by Gasteiger charge is -2.31. The lowest BCUT2D eigenvalue weighted by molar-refractivity contribution is -0.126. The Morgan fingerprint density at radius 2 is 1.83 bits per heavy atom. The monoisotopic (exact) mass is 418 g/mol. The van der Waals surface area contributed by atoms with E-state index in [4.69, 9.17) is 0 Å². The van der Waals surface area contributed by atoms with Crippen molar-refractivity contribution >= 4 is 15.9 Å². The highest BCUT2D eigenvalue weighted by atomic mass is 32.2. The van der Waals surface area contributed by atoms with E-state index in [2.05, 4.69) is 5.32 Å². The molecular formula is C22H27FN2O3S. The molecule has 1 aliphatic rings. The van der Waals surface area contributed by atoms with Gasteiger partial charge in [-0.15, -0.1) is 0 Å². The van der Waals surface area contributed by atoms with E-state index in [9.17, 15) is 17.6 Å². The molecule has 1 aliphatic heterocycles. The van der Waals surface area contributed by atoms with Crippen molar-refractivity contribution in [3.63, 3.8) is 0 Å². The summed E-state index contributed by atoms with van der Waals surface area (Å²) >= 11 is 0. The highest BCUT2D eigenvalue weighted by molar-refractivity contribution is 7.89. The third kappa shape index (κ3) is 5.64. The lowest BCUT2D eigenvalue weighted by atomic mass is 9.99. The Hall–Kier alpha value is -2.25.